The standard InChI is InChI=1S/C14H24O3/c1-5-11-9-15-14(16-11)8-10-6-7-13(14,4)17-12(10,2)3/h10-11H,5-9H2,1-4H3. The predicted molar refractivity (Wildman–Crippen MR) is 64.8 cm³/mol. The van der Waals surface area contributed by atoms with Crippen LogP contribution in [0.3, 0.4) is 0 Å². The van der Waals surface area contributed by atoms with Crippen LogP contribution in [0.2, 0.25) is 0 Å². The van der Waals surface area contributed by atoms with E-state index in [9.17, 15) is 0 Å². The predicted octanol–water partition coefficient (Wildman–Crippen LogP) is 2.88. The van der Waals surface area contributed by atoms with Crippen LogP contribution in [0.5, 0.6) is 0 Å². The van der Waals surface area contributed by atoms with Crippen LogP contribution in [0.1, 0.15) is 53.4 Å². The van der Waals surface area contributed by atoms with Crippen LogP contribution in [-0.2, 0) is 14.2 Å². The van der Waals surface area contributed by atoms with Gasteiger partial charge in [-0.25, -0.2) is 0 Å². The Morgan fingerprint density at radius 1 is 1.24 bits per heavy atom. The van der Waals surface area contributed by atoms with Crippen LogP contribution in [-0.4, -0.2) is 29.7 Å². The van der Waals surface area contributed by atoms with E-state index in [-0.39, 0.29) is 17.3 Å². The molecule has 0 N–H and O–H groups in total. The lowest BCUT2D eigenvalue weighted by atomic mass is 9.65. The maximum atomic E-state index is 6.34. The molecule has 1 spiro atoms. The monoisotopic (exact) mass is 240 g/mol. The second-order valence-electron chi connectivity index (χ2n) is 6.59. The highest BCUT2D eigenvalue weighted by molar-refractivity contribution is 5.09. The number of ether oxygens (including phenoxy) is 3. The summed E-state index contributed by atoms with van der Waals surface area (Å²) in [5.41, 5.74) is -0.301. The Bertz CT molecular complexity index is 327. The first-order valence-electron chi connectivity index (χ1n) is 6.93. The van der Waals surface area contributed by atoms with Gasteiger partial charge in [-0.3, -0.25) is 0 Å². The van der Waals surface area contributed by atoms with E-state index in [0.717, 1.165) is 25.9 Å². The molecule has 0 aromatic heterocycles. The van der Waals surface area contributed by atoms with Gasteiger partial charge in [-0.2, -0.15) is 0 Å². The molecule has 2 bridgehead atoms. The van der Waals surface area contributed by atoms with Crippen molar-refractivity contribution in [3.63, 3.8) is 0 Å². The molecule has 3 saturated heterocycles. The average Bonchev–Trinajstić information content (AvgIpc) is 2.65. The number of hydrogen-bond acceptors (Lipinski definition) is 3. The smallest absolute Gasteiger partial charge is 0.198 e. The van der Waals surface area contributed by atoms with Crippen molar-refractivity contribution in [3.05, 3.63) is 0 Å². The van der Waals surface area contributed by atoms with E-state index in [2.05, 4.69) is 27.7 Å². The summed E-state index contributed by atoms with van der Waals surface area (Å²) in [4.78, 5) is 0. The largest absolute Gasteiger partial charge is 0.364 e. The molecule has 3 nitrogen and oxygen atoms in total. The molecule has 1 aliphatic carbocycles. The molecule has 3 aliphatic heterocycles. The topological polar surface area (TPSA) is 27.7 Å². The molecule has 4 unspecified atom stereocenters. The van der Waals surface area contributed by atoms with E-state index < -0.39 is 5.79 Å². The molecule has 0 aromatic carbocycles. The molecule has 0 radical (unpaired) electrons. The van der Waals surface area contributed by atoms with Gasteiger partial charge in [0.15, 0.2) is 5.79 Å². The van der Waals surface area contributed by atoms with Gasteiger partial charge in [0.1, 0.15) is 5.60 Å². The fraction of sp³-hybridized carbons (Fsp3) is 1.00. The minimum Gasteiger partial charge on any atom is -0.364 e. The summed E-state index contributed by atoms with van der Waals surface area (Å²) >= 11 is 0. The zero-order valence-corrected chi connectivity index (χ0v) is 11.4. The van der Waals surface area contributed by atoms with Crippen molar-refractivity contribution in [2.24, 2.45) is 5.92 Å². The minimum atomic E-state index is -0.466. The third-order valence-corrected chi connectivity index (χ3v) is 5.08. The molecule has 17 heavy (non-hydrogen) atoms. The first-order valence-corrected chi connectivity index (χ1v) is 6.93. The van der Waals surface area contributed by atoms with Gasteiger partial charge < -0.3 is 14.2 Å². The fourth-order valence-electron chi connectivity index (χ4n) is 3.82. The lowest BCUT2D eigenvalue weighted by Crippen LogP contribution is -2.68. The quantitative estimate of drug-likeness (QED) is 0.705. The van der Waals surface area contributed by atoms with Gasteiger partial charge in [0.05, 0.1) is 18.3 Å². The Morgan fingerprint density at radius 3 is 2.53 bits per heavy atom. The summed E-state index contributed by atoms with van der Waals surface area (Å²) < 4.78 is 18.6. The molecule has 4 rings (SSSR count). The van der Waals surface area contributed by atoms with Crippen LogP contribution in [0.15, 0.2) is 0 Å². The van der Waals surface area contributed by atoms with Crippen molar-refractivity contribution < 1.29 is 14.2 Å². The van der Waals surface area contributed by atoms with Gasteiger partial charge in [0.2, 0.25) is 0 Å². The summed E-state index contributed by atoms with van der Waals surface area (Å²) in [6.45, 7) is 9.45. The van der Waals surface area contributed by atoms with Crippen LogP contribution in [0.25, 0.3) is 0 Å². The maximum Gasteiger partial charge on any atom is 0.198 e. The second kappa shape index (κ2) is 3.46. The van der Waals surface area contributed by atoms with Crippen molar-refractivity contribution in [1.29, 1.82) is 0 Å². The molecule has 4 aliphatic rings. The molecule has 3 heteroatoms. The maximum absolute atomic E-state index is 6.34. The van der Waals surface area contributed by atoms with Gasteiger partial charge >= 0.3 is 0 Å². The Labute approximate surface area is 104 Å². The van der Waals surface area contributed by atoms with Crippen LogP contribution in [0.4, 0.5) is 0 Å². The molecule has 0 amide bonds. The Balaban J connectivity index is 1.90. The van der Waals surface area contributed by atoms with E-state index in [4.69, 9.17) is 14.2 Å². The minimum absolute atomic E-state index is 0.0325. The summed E-state index contributed by atoms with van der Waals surface area (Å²) in [6.07, 6.45) is 4.54. The van der Waals surface area contributed by atoms with Gasteiger partial charge in [-0.05, 0) is 46.0 Å². The summed E-state index contributed by atoms with van der Waals surface area (Å²) in [7, 11) is 0. The average molecular weight is 240 g/mol. The third kappa shape index (κ3) is 1.52. The molecule has 1 saturated carbocycles. The van der Waals surface area contributed by atoms with Gasteiger partial charge in [-0.15, -0.1) is 0 Å². The zero-order chi connectivity index (χ0) is 12.3. The van der Waals surface area contributed by atoms with E-state index in [0.29, 0.717) is 5.92 Å². The molecule has 0 aromatic rings. The van der Waals surface area contributed by atoms with Crippen molar-refractivity contribution in [3.8, 4) is 0 Å². The van der Waals surface area contributed by atoms with E-state index >= 15 is 0 Å². The highest BCUT2D eigenvalue weighted by Crippen LogP contribution is 2.58. The van der Waals surface area contributed by atoms with Crippen LogP contribution >= 0.6 is 0 Å². The van der Waals surface area contributed by atoms with E-state index in [1.54, 1.807) is 0 Å². The summed E-state index contributed by atoms with van der Waals surface area (Å²) in [6, 6.07) is 0. The zero-order valence-electron chi connectivity index (χ0n) is 11.4. The van der Waals surface area contributed by atoms with Crippen LogP contribution < -0.4 is 0 Å². The highest BCUT2D eigenvalue weighted by Gasteiger charge is 2.66. The lowest BCUT2D eigenvalue weighted by Gasteiger charge is -2.61. The number of fused-ring (bicyclic) bond motifs is 2. The van der Waals surface area contributed by atoms with Gasteiger partial charge in [0, 0.05) is 6.42 Å². The molecular formula is C14H24O3. The Morgan fingerprint density at radius 2 is 2.00 bits per heavy atom. The fourth-order valence-corrected chi connectivity index (χ4v) is 3.82. The van der Waals surface area contributed by atoms with Gasteiger partial charge in [-0.1, -0.05) is 6.92 Å². The highest BCUT2D eigenvalue weighted by atomic mass is 16.8. The molecular weight excluding hydrogens is 216 g/mol. The van der Waals surface area contributed by atoms with Crippen molar-refractivity contribution in [2.75, 3.05) is 6.61 Å². The first kappa shape index (κ1) is 11.9. The van der Waals surface area contributed by atoms with Crippen molar-refractivity contribution in [1.82, 2.24) is 0 Å². The second-order valence-corrected chi connectivity index (χ2v) is 6.59. The molecule has 4 fully saturated rings. The lowest BCUT2D eigenvalue weighted by molar-refractivity contribution is -0.378. The first-order chi connectivity index (χ1) is 7.91. The SMILES string of the molecule is CCC1COC2(CC3CCC2(C)OC3(C)C)O1. The molecule has 98 valence electrons. The van der Waals surface area contributed by atoms with E-state index in [1.165, 1.54) is 6.42 Å². The van der Waals surface area contributed by atoms with Crippen molar-refractivity contribution in [2.45, 2.75) is 76.5 Å². The summed E-state index contributed by atoms with van der Waals surface area (Å²) in [5, 5.41) is 0. The van der Waals surface area contributed by atoms with Crippen LogP contribution in [0, 0.1) is 5.92 Å². The van der Waals surface area contributed by atoms with Crippen molar-refractivity contribution >= 4 is 0 Å². The summed E-state index contributed by atoms with van der Waals surface area (Å²) in [5.74, 6) is 0.0893. The molecule has 3 heterocycles. The normalized spacial score (nSPS) is 52.2. The number of rotatable bonds is 1. The van der Waals surface area contributed by atoms with E-state index in [1.807, 2.05) is 0 Å². The third-order valence-electron chi connectivity index (χ3n) is 5.08. The van der Waals surface area contributed by atoms with Gasteiger partial charge in [0.25, 0.3) is 0 Å². The Hall–Kier alpha value is -0.120. The number of hydrogen-bond donors (Lipinski definition) is 0. The molecule has 4 atom stereocenters. The Kier molecular flexibility index (Phi) is 2.43.